The Morgan fingerprint density at radius 3 is 2.29 bits per heavy atom. The van der Waals surface area contributed by atoms with Crippen molar-refractivity contribution >= 4 is 15.7 Å². The van der Waals surface area contributed by atoms with Gasteiger partial charge in [0, 0.05) is 31.9 Å². The minimum atomic E-state index is -3.14. The third kappa shape index (κ3) is 3.71. The number of fused-ring (bicyclic) bond motifs is 1. The van der Waals surface area contributed by atoms with Crippen LogP contribution in [0.15, 0.2) is 24.3 Å². The summed E-state index contributed by atoms with van der Waals surface area (Å²) >= 11 is 0. The molecule has 1 saturated heterocycles. The van der Waals surface area contributed by atoms with Crippen molar-refractivity contribution in [1.82, 2.24) is 4.31 Å². The van der Waals surface area contributed by atoms with E-state index in [4.69, 9.17) is 0 Å². The fraction of sp³-hybridized carbons (Fsp3) is 0.727. The second-order valence-corrected chi connectivity index (χ2v) is 12.0. The number of β-amino-alcohol motifs (C(OH)–C–C–N with tert-alkyl or cyclic N) is 1. The van der Waals surface area contributed by atoms with E-state index in [2.05, 4.69) is 29.2 Å². The van der Waals surface area contributed by atoms with Gasteiger partial charge in [0.1, 0.15) is 0 Å². The first-order valence-corrected chi connectivity index (χ1v) is 12.3. The highest BCUT2D eigenvalue weighted by molar-refractivity contribution is 7.89. The van der Waals surface area contributed by atoms with Crippen LogP contribution in [0.2, 0.25) is 0 Å². The molecular formula is C22H34N2O3S. The van der Waals surface area contributed by atoms with E-state index in [0.29, 0.717) is 19.6 Å². The maximum absolute atomic E-state index is 12.4. The van der Waals surface area contributed by atoms with Crippen molar-refractivity contribution in [1.29, 1.82) is 0 Å². The molecule has 2 heterocycles. The van der Waals surface area contributed by atoms with E-state index in [0.717, 1.165) is 51.5 Å². The molecular weight excluding hydrogens is 372 g/mol. The molecule has 0 amide bonds. The van der Waals surface area contributed by atoms with Gasteiger partial charge in [0.2, 0.25) is 10.0 Å². The van der Waals surface area contributed by atoms with Gasteiger partial charge in [0.05, 0.1) is 10.9 Å². The maximum Gasteiger partial charge on any atom is 0.216 e. The quantitative estimate of drug-likeness (QED) is 0.834. The topological polar surface area (TPSA) is 60.9 Å². The molecule has 4 rings (SSSR count). The van der Waals surface area contributed by atoms with Crippen molar-refractivity contribution in [2.24, 2.45) is 5.41 Å². The average Bonchev–Trinajstić information content (AvgIpc) is 3.08. The number of hydrogen-bond acceptors (Lipinski definition) is 4. The van der Waals surface area contributed by atoms with Crippen molar-refractivity contribution in [3.05, 3.63) is 29.8 Å². The van der Waals surface area contributed by atoms with Gasteiger partial charge >= 0.3 is 0 Å². The van der Waals surface area contributed by atoms with Crippen LogP contribution < -0.4 is 4.90 Å². The SMILES string of the molecule is CC(C)S(=O)(=O)N1CCC2(CC1)CCC(O)(CN1CCc3ccccc31)CC2. The molecule has 1 aromatic rings. The van der Waals surface area contributed by atoms with Crippen molar-refractivity contribution in [3.8, 4) is 0 Å². The first-order chi connectivity index (χ1) is 13.2. The van der Waals surface area contributed by atoms with E-state index in [1.807, 2.05) is 0 Å². The summed E-state index contributed by atoms with van der Waals surface area (Å²) in [5, 5.41) is 10.9. The van der Waals surface area contributed by atoms with Crippen molar-refractivity contribution in [3.63, 3.8) is 0 Å². The highest BCUT2D eigenvalue weighted by Crippen LogP contribution is 2.48. The number of para-hydroxylation sites is 1. The second kappa shape index (κ2) is 7.29. The highest BCUT2D eigenvalue weighted by Gasteiger charge is 2.45. The second-order valence-electron chi connectivity index (χ2n) is 9.52. The zero-order valence-electron chi connectivity index (χ0n) is 17.2. The third-order valence-electron chi connectivity index (χ3n) is 7.45. The maximum atomic E-state index is 12.4. The Bertz CT molecular complexity index is 803. The molecule has 1 spiro atoms. The molecule has 156 valence electrons. The van der Waals surface area contributed by atoms with Gasteiger partial charge in [-0.1, -0.05) is 18.2 Å². The molecule has 1 saturated carbocycles. The molecule has 0 radical (unpaired) electrons. The Hall–Kier alpha value is -1.11. The molecule has 0 bridgehead atoms. The summed E-state index contributed by atoms with van der Waals surface area (Å²) in [4.78, 5) is 2.35. The minimum absolute atomic E-state index is 0.220. The van der Waals surface area contributed by atoms with E-state index in [1.165, 1.54) is 11.3 Å². The van der Waals surface area contributed by atoms with Crippen LogP contribution in [0.1, 0.15) is 57.9 Å². The van der Waals surface area contributed by atoms with Crippen LogP contribution in [0.4, 0.5) is 5.69 Å². The van der Waals surface area contributed by atoms with Gasteiger partial charge in [-0.3, -0.25) is 0 Å². The predicted octanol–water partition coefficient (Wildman–Crippen LogP) is 3.17. The molecule has 6 heteroatoms. The van der Waals surface area contributed by atoms with E-state index < -0.39 is 15.6 Å². The minimum Gasteiger partial charge on any atom is -0.388 e. The zero-order valence-corrected chi connectivity index (χ0v) is 18.0. The summed E-state index contributed by atoms with van der Waals surface area (Å²) in [5.41, 5.74) is 2.27. The summed E-state index contributed by atoms with van der Waals surface area (Å²) < 4.78 is 26.6. The number of anilines is 1. The highest BCUT2D eigenvalue weighted by atomic mass is 32.2. The summed E-state index contributed by atoms with van der Waals surface area (Å²) in [5.74, 6) is 0. The van der Waals surface area contributed by atoms with E-state index in [-0.39, 0.29) is 10.7 Å². The Balaban J connectivity index is 1.35. The predicted molar refractivity (Wildman–Crippen MR) is 113 cm³/mol. The summed E-state index contributed by atoms with van der Waals surface area (Å²) in [7, 11) is -3.14. The van der Waals surface area contributed by atoms with Gasteiger partial charge in [-0.2, -0.15) is 0 Å². The Morgan fingerprint density at radius 1 is 1.00 bits per heavy atom. The lowest BCUT2D eigenvalue weighted by Crippen LogP contribution is -2.51. The van der Waals surface area contributed by atoms with Crippen molar-refractivity contribution in [2.75, 3.05) is 31.1 Å². The van der Waals surface area contributed by atoms with Crippen molar-refractivity contribution < 1.29 is 13.5 Å². The number of benzene rings is 1. The first-order valence-electron chi connectivity index (χ1n) is 10.8. The molecule has 28 heavy (non-hydrogen) atoms. The summed E-state index contributed by atoms with van der Waals surface area (Å²) in [6.07, 6.45) is 6.59. The number of rotatable bonds is 4. The Kier molecular flexibility index (Phi) is 5.26. The van der Waals surface area contributed by atoms with Crippen LogP contribution in [-0.2, 0) is 16.4 Å². The van der Waals surface area contributed by atoms with Gasteiger partial charge in [-0.25, -0.2) is 12.7 Å². The van der Waals surface area contributed by atoms with Crippen LogP contribution in [-0.4, -0.2) is 54.9 Å². The Morgan fingerprint density at radius 2 is 1.64 bits per heavy atom. The molecule has 1 aromatic carbocycles. The lowest BCUT2D eigenvalue weighted by molar-refractivity contribution is -0.0410. The fourth-order valence-corrected chi connectivity index (χ4v) is 6.63. The molecule has 3 aliphatic rings. The third-order valence-corrected chi connectivity index (χ3v) is 9.72. The van der Waals surface area contributed by atoms with Crippen molar-refractivity contribution in [2.45, 2.75) is 69.6 Å². The molecule has 0 atom stereocenters. The molecule has 0 unspecified atom stereocenters. The number of hydrogen-bond donors (Lipinski definition) is 1. The molecule has 0 aromatic heterocycles. The molecule has 2 fully saturated rings. The van der Waals surface area contributed by atoms with E-state index in [1.54, 1.807) is 18.2 Å². The van der Waals surface area contributed by atoms with Gasteiger partial charge in [0.15, 0.2) is 0 Å². The lowest BCUT2D eigenvalue weighted by Gasteiger charge is -2.49. The van der Waals surface area contributed by atoms with Crippen LogP contribution in [0.5, 0.6) is 0 Å². The van der Waals surface area contributed by atoms with Gasteiger partial charge < -0.3 is 10.0 Å². The average molecular weight is 407 g/mol. The lowest BCUT2D eigenvalue weighted by atomic mass is 9.64. The van der Waals surface area contributed by atoms with Crippen LogP contribution in [0.25, 0.3) is 0 Å². The Labute approximate surface area is 169 Å². The van der Waals surface area contributed by atoms with Gasteiger partial charge in [-0.05, 0) is 75.8 Å². The summed E-state index contributed by atoms with van der Waals surface area (Å²) in [6, 6.07) is 8.53. The monoisotopic (exact) mass is 406 g/mol. The number of piperidine rings is 1. The first kappa shape index (κ1) is 20.2. The fourth-order valence-electron chi connectivity index (χ4n) is 5.34. The van der Waals surface area contributed by atoms with Crippen LogP contribution in [0.3, 0.4) is 0 Å². The largest absolute Gasteiger partial charge is 0.388 e. The molecule has 5 nitrogen and oxygen atoms in total. The molecule has 2 aliphatic heterocycles. The molecule has 1 aliphatic carbocycles. The van der Waals surface area contributed by atoms with Crippen LogP contribution in [0, 0.1) is 5.41 Å². The standard InChI is InChI=1S/C22H34N2O3S/c1-18(2)28(26,27)24-15-12-21(13-16-24)8-10-22(25,11-9-21)17-23-14-7-19-5-3-4-6-20(19)23/h3-6,18,25H,7-17H2,1-2H3. The zero-order chi connectivity index (χ0) is 20.0. The van der Waals surface area contributed by atoms with E-state index in [9.17, 15) is 13.5 Å². The summed E-state index contributed by atoms with van der Waals surface area (Å²) in [6.45, 7) is 6.51. The van der Waals surface area contributed by atoms with E-state index >= 15 is 0 Å². The normalized spacial score (nSPS) is 24.6. The van der Waals surface area contributed by atoms with Crippen LogP contribution >= 0.6 is 0 Å². The van der Waals surface area contributed by atoms with Gasteiger partial charge in [0.25, 0.3) is 0 Å². The number of nitrogens with zero attached hydrogens (tertiary/aromatic N) is 2. The van der Waals surface area contributed by atoms with Gasteiger partial charge in [-0.15, -0.1) is 0 Å². The number of aliphatic hydroxyl groups is 1. The number of sulfonamides is 1. The smallest absolute Gasteiger partial charge is 0.216 e. The molecule has 1 N–H and O–H groups in total.